The number of amides is 2. The molecule has 1 aliphatic heterocycles. The lowest BCUT2D eigenvalue weighted by Crippen LogP contribution is -2.31. The summed E-state index contributed by atoms with van der Waals surface area (Å²) in [7, 11) is 0. The first kappa shape index (κ1) is 19.9. The molecule has 2 aromatic heterocycles. The molecule has 0 radical (unpaired) electrons. The molecule has 32 heavy (non-hydrogen) atoms. The van der Waals surface area contributed by atoms with E-state index in [0.717, 1.165) is 34.4 Å². The van der Waals surface area contributed by atoms with Crippen LogP contribution >= 0.6 is 0 Å². The van der Waals surface area contributed by atoms with E-state index in [-0.39, 0.29) is 18.2 Å². The Labute approximate surface area is 185 Å². The number of aryl methyl sites for hydroxylation is 1. The van der Waals surface area contributed by atoms with E-state index < -0.39 is 6.04 Å². The normalized spacial score (nSPS) is 15.2. The fourth-order valence-electron chi connectivity index (χ4n) is 4.23. The minimum atomic E-state index is -0.657. The molecule has 0 bridgehead atoms. The fraction of sp³-hybridized carbons (Fsp3) is 0.200. The Balaban J connectivity index is 1.47. The van der Waals surface area contributed by atoms with E-state index in [1.54, 1.807) is 11.1 Å². The summed E-state index contributed by atoms with van der Waals surface area (Å²) >= 11 is 0. The predicted molar refractivity (Wildman–Crippen MR) is 123 cm³/mol. The summed E-state index contributed by atoms with van der Waals surface area (Å²) in [5.41, 5.74) is 4.24. The summed E-state index contributed by atoms with van der Waals surface area (Å²) in [6.07, 6.45) is 2.55. The van der Waals surface area contributed by atoms with Crippen molar-refractivity contribution in [2.24, 2.45) is 0 Å². The average molecular weight is 425 g/mol. The number of para-hydroxylation sites is 3. The molecule has 3 heterocycles. The zero-order chi connectivity index (χ0) is 22.1. The SMILES string of the molecule is CCc1ccccc1NC(=O)C[C@H]1C(=O)N(Cc2ccccn2)c2nc3ccccc3n21. The maximum Gasteiger partial charge on any atom is 0.253 e. The molecule has 160 valence electrons. The monoisotopic (exact) mass is 425 g/mol. The Morgan fingerprint density at radius 2 is 1.81 bits per heavy atom. The van der Waals surface area contributed by atoms with Crippen LogP contribution in [-0.4, -0.2) is 26.3 Å². The second-order valence-corrected chi connectivity index (χ2v) is 7.79. The highest BCUT2D eigenvalue weighted by Gasteiger charge is 2.41. The Morgan fingerprint density at radius 1 is 1.03 bits per heavy atom. The van der Waals surface area contributed by atoms with Crippen molar-refractivity contribution in [2.75, 3.05) is 10.2 Å². The first-order valence-corrected chi connectivity index (χ1v) is 10.7. The number of benzene rings is 2. The molecule has 2 amide bonds. The smallest absolute Gasteiger partial charge is 0.253 e. The van der Waals surface area contributed by atoms with Gasteiger partial charge in [-0.15, -0.1) is 0 Å². The lowest BCUT2D eigenvalue weighted by Gasteiger charge is -2.16. The van der Waals surface area contributed by atoms with E-state index in [1.807, 2.05) is 78.2 Å². The van der Waals surface area contributed by atoms with Crippen LogP contribution in [-0.2, 0) is 22.6 Å². The van der Waals surface area contributed by atoms with Gasteiger partial charge in [0.1, 0.15) is 6.04 Å². The number of carbonyl (C=O) groups is 2. The molecule has 0 unspecified atom stereocenters. The minimum absolute atomic E-state index is 0.0307. The van der Waals surface area contributed by atoms with E-state index in [2.05, 4.69) is 10.3 Å². The molecule has 1 N–H and O–H groups in total. The number of rotatable bonds is 6. The third-order valence-corrected chi connectivity index (χ3v) is 5.78. The van der Waals surface area contributed by atoms with Crippen molar-refractivity contribution < 1.29 is 9.59 Å². The Morgan fingerprint density at radius 3 is 2.62 bits per heavy atom. The van der Waals surface area contributed by atoms with Crippen LogP contribution in [0.5, 0.6) is 0 Å². The maximum atomic E-state index is 13.4. The van der Waals surface area contributed by atoms with Gasteiger partial charge in [0.15, 0.2) is 0 Å². The molecule has 7 heteroatoms. The lowest BCUT2D eigenvalue weighted by molar-refractivity contribution is -0.124. The van der Waals surface area contributed by atoms with Crippen LogP contribution in [0.25, 0.3) is 11.0 Å². The topological polar surface area (TPSA) is 80.1 Å². The first-order valence-electron chi connectivity index (χ1n) is 10.7. The van der Waals surface area contributed by atoms with Crippen molar-refractivity contribution >= 4 is 34.5 Å². The van der Waals surface area contributed by atoms with E-state index in [4.69, 9.17) is 4.98 Å². The first-order chi connectivity index (χ1) is 15.7. The van der Waals surface area contributed by atoms with Gasteiger partial charge in [-0.3, -0.25) is 24.0 Å². The number of pyridine rings is 1. The van der Waals surface area contributed by atoms with Crippen LogP contribution < -0.4 is 10.2 Å². The molecular weight excluding hydrogens is 402 g/mol. The van der Waals surface area contributed by atoms with Gasteiger partial charge in [0.05, 0.1) is 29.7 Å². The van der Waals surface area contributed by atoms with Gasteiger partial charge in [-0.25, -0.2) is 4.98 Å². The molecule has 7 nitrogen and oxygen atoms in total. The summed E-state index contributed by atoms with van der Waals surface area (Å²) in [6, 6.07) is 20.4. The Kier molecular flexibility index (Phi) is 5.15. The van der Waals surface area contributed by atoms with E-state index in [1.165, 1.54) is 0 Å². The Hall–Kier alpha value is -4.00. The summed E-state index contributed by atoms with van der Waals surface area (Å²) < 4.78 is 1.88. The number of carbonyl (C=O) groups excluding carboxylic acids is 2. The van der Waals surface area contributed by atoms with E-state index in [9.17, 15) is 9.59 Å². The lowest BCUT2D eigenvalue weighted by atomic mass is 10.1. The van der Waals surface area contributed by atoms with Gasteiger partial charge in [0.25, 0.3) is 5.91 Å². The van der Waals surface area contributed by atoms with Gasteiger partial charge < -0.3 is 5.32 Å². The van der Waals surface area contributed by atoms with Crippen molar-refractivity contribution in [2.45, 2.75) is 32.4 Å². The molecule has 0 saturated carbocycles. The maximum absolute atomic E-state index is 13.4. The van der Waals surface area contributed by atoms with Crippen molar-refractivity contribution in [3.8, 4) is 0 Å². The summed E-state index contributed by atoms with van der Waals surface area (Å²) in [4.78, 5) is 37.1. The molecule has 0 saturated heterocycles. The number of nitrogens with zero attached hydrogens (tertiary/aromatic N) is 4. The molecule has 1 atom stereocenters. The highest BCUT2D eigenvalue weighted by atomic mass is 16.2. The van der Waals surface area contributed by atoms with Crippen molar-refractivity contribution in [1.29, 1.82) is 0 Å². The molecule has 5 rings (SSSR count). The fourth-order valence-corrected chi connectivity index (χ4v) is 4.23. The molecule has 2 aromatic carbocycles. The largest absolute Gasteiger partial charge is 0.326 e. The molecule has 0 aliphatic carbocycles. The molecule has 0 fully saturated rings. The number of hydrogen-bond acceptors (Lipinski definition) is 4. The third-order valence-electron chi connectivity index (χ3n) is 5.78. The summed E-state index contributed by atoms with van der Waals surface area (Å²) in [5, 5.41) is 2.99. The van der Waals surface area contributed by atoms with Crippen LogP contribution in [0.15, 0.2) is 72.9 Å². The summed E-state index contributed by atoms with van der Waals surface area (Å²) in [6.45, 7) is 2.35. The van der Waals surface area contributed by atoms with Crippen molar-refractivity contribution in [1.82, 2.24) is 14.5 Å². The Bertz CT molecular complexity index is 1300. The number of imidazole rings is 1. The highest BCUT2D eigenvalue weighted by molar-refractivity contribution is 6.05. The van der Waals surface area contributed by atoms with Gasteiger partial charge in [0, 0.05) is 11.9 Å². The van der Waals surface area contributed by atoms with Crippen molar-refractivity contribution in [3.05, 3.63) is 84.2 Å². The highest BCUT2D eigenvalue weighted by Crippen LogP contribution is 2.37. The van der Waals surface area contributed by atoms with Gasteiger partial charge in [-0.1, -0.05) is 43.3 Å². The average Bonchev–Trinajstić information content (AvgIpc) is 3.31. The van der Waals surface area contributed by atoms with Crippen LogP contribution in [0.4, 0.5) is 11.6 Å². The van der Waals surface area contributed by atoms with E-state index >= 15 is 0 Å². The van der Waals surface area contributed by atoms with Gasteiger partial charge in [-0.05, 0) is 42.3 Å². The van der Waals surface area contributed by atoms with Gasteiger partial charge in [0.2, 0.25) is 11.9 Å². The zero-order valence-corrected chi connectivity index (χ0v) is 17.7. The standard InChI is InChI=1S/C25H23N5O2/c1-2-17-9-3-4-11-19(17)27-23(31)15-22-24(32)29(16-18-10-7-8-14-26-18)25-28-20-12-5-6-13-21(20)30(22)25/h3-14,22H,2,15-16H2,1H3,(H,27,31)/t22-/m0/s1. The molecule has 1 aliphatic rings. The predicted octanol–water partition coefficient (Wildman–Crippen LogP) is 4.11. The van der Waals surface area contributed by atoms with Crippen LogP contribution in [0.2, 0.25) is 0 Å². The minimum Gasteiger partial charge on any atom is -0.326 e. The summed E-state index contributed by atoms with van der Waals surface area (Å²) in [5.74, 6) is 0.198. The quantitative estimate of drug-likeness (QED) is 0.504. The van der Waals surface area contributed by atoms with Crippen molar-refractivity contribution in [3.63, 3.8) is 0 Å². The van der Waals surface area contributed by atoms with E-state index in [0.29, 0.717) is 12.5 Å². The number of aromatic nitrogens is 3. The van der Waals surface area contributed by atoms with Crippen LogP contribution in [0, 0.1) is 0 Å². The number of fused-ring (bicyclic) bond motifs is 3. The number of nitrogens with one attached hydrogen (secondary N) is 1. The number of anilines is 2. The van der Waals surface area contributed by atoms with Crippen LogP contribution in [0.1, 0.15) is 30.6 Å². The zero-order valence-electron chi connectivity index (χ0n) is 17.7. The second kappa shape index (κ2) is 8.26. The molecule has 4 aromatic rings. The molecular formula is C25H23N5O2. The second-order valence-electron chi connectivity index (χ2n) is 7.79. The van der Waals surface area contributed by atoms with Crippen LogP contribution in [0.3, 0.4) is 0 Å². The number of hydrogen-bond donors (Lipinski definition) is 1. The van der Waals surface area contributed by atoms with Gasteiger partial charge >= 0.3 is 0 Å². The third kappa shape index (κ3) is 3.51. The van der Waals surface area contributed by atoms with Gasteiger partial charge in [-0.2, -0.15) is 0 Å². The molecule has 0 spiro atoms.